The van der Waals surface area contributed by atoms with Gasteiger partial charge in [0.1, 0.15) is 25.0 Å². The number of aliphatic imine (C=N–C) groups is 1. The average Bonchev–Trinajstić information content (AvgIpc) is 3.16. The molecule has 3 aliphatic heterocycles. The number of carbonyl (C=O) groups is 3. The highest BCUT2D eigenvalue weighted by Crippen LogP contribution is 2.44. The van der Waals surface area contributed by atoms with Crippen LogP contribution in [0.25, 0.3) is 0 Å². The Labute approximate surface area is 339 Å². The van der Waals surface area contributed by atoms with Gasteiger partial charge < -0.3 is 76.1 Å². The van der Waals surface area contributed by atoms with Crippen LogP contribution in [-0.4, -0.2) is 150 Å². The Hall–Kier alpha value is -3.50. The fourth-order valence-electron chi connectivity index (χ4n) is 7.46. The molecule has 330 valence electrons. The van der Waals surface area contributed by atoms with Gasteiger partial charge in [0, 0.05) is 51.0 Å². The van der Waals surface area contributed by atoms with Crippen molar-refractivity contribution >= 4 is 23.7 Å². The van der Waals surface area contributed by atoms with Crippen LogP contribution in [0.5, 0.6) is 0 Å². The van der Waals surface area contributed by atoms with Crippen LogP contribution in [0.4, 0.5) is 0 Å². The highest BCUT2D eigenvalue weighted by atomic mass is 16.7. The third-order valence-corrected chi connectivity index (χ3v) is 11.2. The summed E-state index contributed by atoms with van der Waals surface area (Å²) >= 11 is 0. The van der Waals surface area contributed by atoms with Crippen LogP contribution in [-0.2, 0) is 42.8 Å². The molecule has 3 rings (SSSR count). The Kier molecular flexibility index (Phi) is 18.7. The smallest absolute Gasteiger partial charge is 0.326 e. The molecule has 3 fully saturated rings. The van der Waals surface area contributed by atoms with Crippen molar-refractivity contribution in [1.82, 2.24) is 10.6 Å². The third-order valence-electron chi connectivity index (χ3n) is 11.2. The lowest BCUT2D eigenvalue weighted by atomic mass is 9.72. The fourth-order valence-corrected chi connectivity index (χ4v) is 7.46. The molecule has 13 atom stereocenters. The van der Waals surface area contributed by atoms with Crippen LogP contribution in [0.2, 0.25) is 0 Å². The molecular weight excluding hydrogens is 762 g/mol. The van der Waals surface area contributed by atoms with Gasteiger partial charge in [0.05, 0.1) is 36.6 Å². The number of nitrogens with zero attached hydrogens (tertiary/aromatic N) is 1. The van der Waals surface area contributed by atoms with Gasteiger partial charge in [-0.2, -0.15) is 0 Å². The van der Waals surface area contributed by atoms with Gasteiger partial charge in [0.2, 0.25) is 11.7 Å². The van der Waals surface area contributed by atoms with E-state index in [0.717, 1.165) is 11.6 Å². The van der Waals surface area contributed by atoms with Crippen molar-refractivity contribution in [3.63, 3.8) is 0 Å². The van der Waals surface area contributed by atoms with Crippen LogP contribution in [0.15, 0.2) is 41.4 Å². The van der Waals surface area contributed by atoms with Gasteiger partial charge in [0.15, 0.2) is 18.3 Å². The molecule has 58 heavy (non-hydrogen) atoms. The molecule has 3 aliphatic rings. The monoisotopic (exact) mass is 827 g/mol. The Balaban J connectivity index is 1.53. The van der Waals surface area contributed by atoms with Crippen LogP contribution in [0.1, 0.15) is 72.6 Å². The lowest BCUT2D eigenvalue weighted by molar-refractivity contribution is -0.332. The number of fused-ring (bicyclic) bond motifs is 1. The van der Waals surface area contributed by atoms with E-state index in [9.17, 15) is 39.9 Å². The summed E-state index contributed by atoms with van der Waals surface area (Å²) in [6.45, 7) is 11.7. The second kappa shape index (κ2) is 22.2. The van der Waals surface area contributed by atoms with E-state index in [1.807, 2.05) is 27.7 Å². The summed E-state index contributed by atoms with van der Waals surface area (Å²) < 4.78 is 35.7. The molecule has 0 aromatic carbocycles. The SMILES string of the molecule is C=C1C[C@](OC)([C@H](O)C(=O)N[C@H]2OCO[C@H]3[C@@H]2O[C@H](C[C@H](O)CCC[C@@H](O)[C@H](O)/C=C/C=C/C(=O)N[C@@H](CCCN=C(N)N)C(=O)O)C(C)(C)[C@@H]3OC)O[C@H](C)[C@@H]1C. The van der Waals surface area contributed by atoms with Gasteiger partial charge in [-0.1, -0.05) is 51.2 Å². The number of carbonyl (C=O) groups excluding carboxylic acids is 2. The second-order valence-corrected chi connectivity index (χ2v) is 15.7. The van der Waals surface area contributed by atoms with Crippen molar-refractivity contribution in [2.75, 3.05) is 27.6 Å². The van der Waals surface area contributed by atoms with E-state index in [0.29, 0.717) is 12.8 Å². The fraction of sp³-hybridized carbons (Fsp3) is 0.744. The van der Waals surface area contributed by atoms with Crippen LogP contribution >= 0.6 is 0 Å². The first-order chi connectivity index (χ1) is 27.3. The van der Waals surface area contributed by atoms with Gasteiger partial charge in [-0.15, -0.1) is 0 Å². The number of rotatable bonds is 21. The molecule has 0 radical (unpaired) electrons. The van der Waals surface area contributed by atoms with E-state index >= 15 is 0 Å². The van der Waals surface area contributed by atoms with Crippen molar-refractivity contribution in [1.29, 1.82) is 0 Å². The normalized spacial score (nSPS) is 31.1. The molecule has 0 spiro atoms. The number of nitrogens with two attached hydrogens (primary N) is 2. The Morgan fingerprint density at radius 2 is 1.74 bits per heavy atom. The second-order valence-electron chi connectivity index (χ2n) is 15.7. The summed E-state index contributed by atoms with van der Waals surface area (Å²) in [5.41, 5.74) is 10.6. The third kappa shape index (κ3) is 13.0. The highest BCUT2D eigenvalue weighted by molar-refractivity contribution is 5.91. The van der Waals surface area contributed by atoms with Crippen molar-refractivity contribution < 1.29 is 68.3 Å². The molecule has 19 heteroatoms. The van der Waals surface area contributed by atoms with Crippen LogP contribution < -0.4 is 22.1 Å². The predicted molar refractivity (Wildman–Crippen MR) is 209 cm³/mol. The zero-order chi connectivity index (χ0) is 43.4. The van der Waals surface area contributed by atoms with Gasteiger partial charge in [-0.05, 0) is 39.0 Å². The van der Waals surface area contributed by atoms with Gasteiger partial charge in [0.25, 0.3) is 5.91 Å². The number of allylic oxidation sites excluding steroid dienone is 2. The number of nitrogens with one attached hydrogen (secondary N) is 2. The van der Waals surface area contributed by atoms with E-state index in [4.69, 9.17) is 39.9 Å². The summed E-state index contributed by atoms with van der Waals surface area (Å²) in [6.07, 6.45) is -2.74. The quantitative estimate of drug-likeness (QED) is 0.0179. The van der Waals surface area contributed by atoms with Crippen LogP contribution in [0.3, 0.4) is 0 Å². The number of carboxylic acid groups (broad SMARTS) is 1. The molecule has 3 saturated heterocycles. The maximum absolute atomic E-state index is 13.5. The van der Waals surface area contributed by atoms with Gasteiger partial charge >= 0.3 is 5.97 Å². The standard InChI is InChI=1S/C39H65N5O14/c1-21-19-39(54-7,58-23(3)22(21)2)32(49)34(50)44-35-31-30(55-20-56-35)33(53-6)38(4,5)28(57-31)18-24(45)12-10-15-27(47)26(46)14-8-9-16-29(48)43-25(36(51)52)13-11-17-42-37(40)41/h8-9,14,16,22-28,30-33,35,45-47,49H,1,10-13,15,17-20H2,2-7H3,(H,43,48)(H,44,50)(H,51,52)(H4,40,41,42)/b14-8+,16-9+/t22-,23-,24-,25+,26-,27-,28-,30+,31+,32-,33-,35+,39-/m1/s1. The molecule has 0 aliphatic carbocycles. The van der Waals surface area contributed by atoms with E-state index in [2.05, 4.69) is 22.2 Å². The first-order valence-corrected chi connectivity index (χ1v) is 19.6. The number of aliphatic carboxylic acids is 1. The number of aliphatic hydroxyl groups is 4. The first kappa shape index (κ1) is 48.9. The van der Waals surface area contributed by atoms with Crippen molar-refractivity contribution in [3.05, 3.63) is 36.5 Å². The average molecular weight is 828 g/mol. The summed E-state index contributed by atoms with van der Waals surface area (Å²) in [4.78, 5) is 41.0. The Morgan fingerprint density at radius 1 is 1.03 bits per heavy atom. The Morgan fingerprint density at radius 3 is 2.36 bits per heavy atom. The lowest BCUT2D eigenvalue weighted by Crippen LogP contribution is -2.69. The molecule has 0 aromatic heterocycles. The zero-order valence-corrected chi connectivity index (χ0v) is 34.3. The van der Waals surface area contributed by atoms with Gasteiger partial charge in [-0.3, -0.25) is 14.6 Å². The number of ether oxygens (including phenoxy) is 6. The molecular formula is C39H65N5O14. The maximum atomic E-state index is 13.5. The van der Waals surface area contributed by atoms with Crippen LogP contribution in [0, 0.1) is 11.3 Å². The van der Waals surface area contributed by atoms with E-state index in [-0.39, 0.29) is 63.4 Å². The molecule has 0 saturated carbocycles. The number of hydrogen-bond donors (Lipinski definition) is 9. The van der Waals surface area contributed by atoms with Crippen molar-refractivity contribution in [2.45, 2.75) is 146 Å². The summed E-state index contributed by atoms with van der Waals surface area (Å²) in [7, 11) is 2.89. The minimum atomic E-state index is -1.74. The van der Waals surface area contributed by atoms with E-state index < -0.39 is 90.1 Å². The lowest BCUT2D eigenvalue weighted by Gasteiger charge is -2.54. The first-order valence-electron chi connectivity index (χ1n) is 19.6. The van der Waals surface area contributed by atoms with E-state index in [1.54, 1.807) is 0 Å². The number of guanidine groups is 1. The molecule has 19 nitrogen and oxygen atoms in total. The molecule has 3 heterocycles. The number of carboxylic acids is 1. The minimum Gasteiger partial charge on any atom is -0.480 e. The number of aliphatic hydroxyl groups excluding tert-OH is 4. The molecule has 0 aromatic rings. The maximum Gasteiger partial charge on any atom is 0.326 e. The van der Waals surface area contributed by atoms with E-state index in [1.165, 1.54) is 32.4 Å². The topological polar surface area (TPSA) is 296 Å². The van der Waals surface area contributed by atoms with Gasteiger partial charge in [-0.25, -0.2) is 4.79 Å². The predicted octanol–water partition coefficient (Wildman–Crippen LogP) is -0.307. The van der Waals surface area contributed by atoms with Crippen molar-refractivity contribution in [2.24, 2.45) is 27.8 Å². The molecule has 0 bridgehead atoms. The number of methoxy groups -OCH3 is 2. The largest absolute Gasteiger partial charge is 0.480 e. The highest BCUT2D eigenvalue weighted by Gasteiger charge is 2.57. The Bertz CT molecular complexity index is 1470. The zero-order valence-electron chi connectivity index (χ0n) is 34.3. The molecule has 0 unspecified atom stereocenters. The molecule has 11 N–H and O–H groups in total. The van der Waals surface area contributed by atoms with Crippen molar-refractivity contribution in [3.8, 4) is 0 Å². The molecule has 2 amide bonds. The number of amides is 2. The summed E-state index contributed by atoms with van der Waals surface area (Å²) in [5.74, 6) is -4.46. The number of hydrogen-bond acceptors (Lipinski definition) is 14. The summed E-state index contributed by atoms with van der Waals surface area (Å²) in [5, 5.41) is 57.8. The summed E-state index contributed by atoms with van der Waals surface area (Å²) in [6, 6.07) is -1.15. The minimum absolute atomic E-state index is 0.00449.